The van der Waals surface area contributed by atoms with Crippen LogP contribution >= 0.6 is 0 Å². The number of hydrogen-bond acceptors (Lipinski definition) is 2. The Labute approximate surface area is 82.1 Å². The van der Waals surface area contributed by atoms with Gasteiger partial charge in [0.25, 0.3) is 0 Å². The molecule has 1 aliphatic rings. The topological polar surface area (TPSA) is 52.0 Å². The van der Waals surface area contributed by atoms with Gasteiger partial charge in [0.05, 0.1) is 0 Å². The van der Waals surface area contributed by atoms with Crippen LogP contribution in [0.4, 0.5) is 0 Å². The third-order valence-corrected chi connectivity index (χ3v) is 3.58. The van der Waals surface area contributed by atoms with Gasteiger partial charge in [0.15, 0.2) is 0 Å². The maximum absolute atomic E-state index is 6.10. The second kappa shape index (κ2) is 4.97. The Hall–Kier alpha value is -0.0800. The molecule has 78 valence electrons. The van der Waals surface area contributed by atoms with Crippen LogP contribution < -0.4 is 11.5 Å². The predicted octanol–water partition coefficient (Wildman–Crippen LogP) is 1.88. The zero-order chi connectivity index (χ0) is 9.84. The van der Waals surface area contributed by atoms with Gasteiger partial charge in [-0.05, 0) is 24.7 Å². The minimum atomic E-state index is 0.256. The first-order valence-corrected chi connectivity index (χ1v) is 5.71. The molecule has 0 spiro atoms. The second-order valence-electron chi connectivity index (χ2n) is 4.45. The lowest BCUT2D eigenvalue weighted by atomic mass is 9.87. The quantitative estimate of drug-likeness (QED) is 0.701. The van der Waals surface area contributed by atoms with Gasteiger partial charge < -0.3 is 11.5 Å². The lowest BCUT2D eigenvalue weighted by Gasteiger charge is -2.21. The fourth-order valence-electron chi connectivity index (χ4n) is 2.65. The molecule has 4 unspecified atom stereocenters. The average molecular weight is 184 g/mol. The van der Waals surface area contributed by atoms with Crippen molar-refractivity contribution in [3.8, 4) is 0 Å². The van der Waals surface area contributed by atoms with Gasteiger partial charge >= 0.3 is 0 Å². The van der Waals surface area contributed by atoms with E-state index in [9.17, 15) is 0 Å². The van der Waals surface area contributed by atoms with Crippen molar-refractivity contribution < 1.29 is 0 Å². The molecule has 1 fully saturated rings. The van der Waals surface area contributed by atoms with Crippen molar-refractivity contribution in [2.24, 2.45) is 23.3 Å². The Bertz CT molecular complexity index is 147. The molecule has 0 aliphatic heterocycles. The van der Waals surface area contributed by atoms with E-state index in [1.165, 1.54) is 25.7 Å². The molecule has 0 aromatic carbocycles. The van der Waals surface area contributed by atoms with E-state index in [2.05, 4.69) is 13.8 Å². The lowest BCUT2D eigenvalue weighted by Crippen LogP contribution is -2.40. The highest BCUT2D eigenvalue weighted by molar-refractivity contribution is 4.95. The number of unbranched alkanes of at least 4 members (excludes halogenated alkanes) is 1. The van der Waals surface area contributed by atoms with Gasteiger partial charge in [0, 0.05) is 12.1 Å². The molecule has 0 aromatic heterocycles. The first-order chi connectivity index (χ1) is 6.20. The Balaban J connectivity index is 2.47. The van der Waals surface area contributed by atoms with Crippen molar-refractivity contribution >= 4 is 0 Å². The Kier molecular flexibility index (Phi) is 4.20. The van der Waals surface area contributed by atoms with Gasteiger partial charge in [0.1, 0.15) is 0 Å². The summed E-state index contributed by atoms with van der Waals surface area (Å²) < 4.78 is 0. The summed E-state index contributed by atoms with van der Waals surface area (Å²) in [7, 11) is 0. The van der Waals surface area contributed by atoms with Crippen LogP contribution in [0.2, 0.25) is 0 Å². The average Bonchev–Trinajstić information content (AvgIpc) is 2.40. The van der Waals surface area contributed by atoms with Crippen molar-refractivity contribution in [2.75, 3.05) is 0 Å². The van der Waals surface area contributed by atoms with Crippen molar-refractivity contribution in [2.45, 2.75) is 58.0 Å². The third-order valence-electron chi connectivity index (χ3n) is 3.58. The monoisotopic (exact) mass is 184 g/mol. The highest BCUT2D eigenvalue weighted by Crippen LogP contribution is 2.35. The first kappa shape index (κ1) is 11.0. The lowest BCUT2D eigenvalue weighted by molar-refractivity contribution is 0.321. The highest BCUT2D eigenvalue weighted by Gasteiger charge is 2.37. The summed E-state index contributed by atoms with van der Waals surface area (Å²) in [4.78, 5) is 0. The molecule has 4 N–H and O–H groups in total. The molecule has 1 saturated carbocycles. The number of hydrogen-bond donors (Lipinski definition) is 2. The summed E-state index contributed by atoms with van der Waals surface area (Å²) in [6.45, 7) is 4.50. The Morgan fingerprint density at radius 1 is 1.23 bits per heavy atom. The molecule has 0 amide bonds. The van der Waals surface area contributed by atoms with Crippen LogP contribution in [0.3, 0.4) is 0 Å². The van der Waals surface area contributed by atoms with Gasteiger partial charge in [-0.2, -0.15) is 0 Å². The molecule has 0 radical (unpaired) electrons. The molecular formula is C11H24N2. The van der Waals surface area contributed by atoms with Gasteiger partial charge in [-0.1, -0.05) is 33.1 Å². The van der Waals surface area contributed by atoms with Crippen LogP contribution in [0, 0.1) is 11.8 Å². The van der Waals surface area contributed by atoms with E-state index in [1.807, 2.05) is 0 Å². The Morgan fingerprint density at radius 3 is 2.46 bits per heavy atom. The van der Waals surface area contributed by atoms with Crippen LogP contribution in [0.15, 0.2) is 0 Å². The normalized spacial score (nSPS) is 39.7. The van der Waals surface area contributed by atoms with Crippen molar-refractivity contribution in [3.05, 3.63) is 0 Å². The van der Waals surface area contributed by atoms with Gasteiger partial charge in [-0.15, -0.1) is 0 Å². The Morgan fingerprint density at radius 2 is 1.92 bits per heavy atom. The van der Waals surface area contributed by atoms with Crippen LogP contribution in [0.25, 0.3) is 0 Å². The van der Waals surface area contributed by atoms with Crippen LogP contribution in [0.5, 0.6) is 0 Å². The first-order valence-electron chi connectivity index (χ1n) is 5.71. The van der Waals surface area contributed by atoms with Crippen molar-refractivity contribution in [3.63, 3.8) is 0 Å². The van der Waals surface area contributed by atoms with Gasteiger partial charge in [-0.25, -0.2) is 0 Å². The largest absolute Gasteiger partial charge is 0.326 e. The van der Waals surface area contributed by atoms with E-state index in [-0.39, 0.29) is 12.1 Å². The summed E-state index contributed by atoms with van der Waals surface area (Å²) in [5.74, 6) is 1.48. The molecule has 0 saturated heterocycles. The van der Waals surface area contributed by atoms with E-state index in [0.29, 0.717) is 5.92 Å². The van der Waals surface area contributed by atoms with Crippen LogP contribution in [-0.2, 0) is 0 Å². The molecule has 1 aliphatic carbocycles. The summed E-state index contributed by atoms with van der Waals surface area (Å²) in [5.41, 5.74) is 12.1. The van der Waals surface area contributed by atoms with E-state index in [4.69, 9.17) is 11.5 Å². The molecule has 2 heteroatoms. The number of nitrogens with two attached hydrogens (primary N) is 2. The van der Waals surface area contributed by atoms with Crippen LogP contribution in [0.1, 0.15) is 46.0 Å². The van der Waals surface area contributed by atoms with E-state index < -0.39 is 0 Å². The summed E-state index contributed by atoms with van der Waals surface area (Å²) in [6.07, 6.45) is 6.25. The predicted molar refractivity (Wildman–Crippen MR) is 57.4 cm³/mol. The second-order valence-corrected chi connectivity index (χ2v) is 4.45. The minimum Gasteiger partial charge on any atom is -0.326 e. The van der Waals surface area contributed by atoms with Crippen molar-refractivity contribution in [1.82, 2.24) is 0 Å². The smallest absolute Gasteiger partial charge is 0.0223 e. The third kappa shape index (κ3) is 2.44. The zero-order valence-corrected chi connectivity index (χ0v) is 9.00. The van der Waals surface area contributed by atoms with E-state index in [1.54, 1.807) is 0 Å². The summed E-state index contributed by atoms with van der Waals surface area (Å²) in [6, 6.07) is 0.517. The molecule has 0 aromatic rings. The molecule has 0 bridgehead atoms. The molecule has 2 nitrogen and oxygen atoms in total. The molecule has 4 atom stereocenters. The fraction of sp³-hybridized carbons (Fsp3) is 1.00. The summed E-state index contributed by atoms with van der Waals surface area (Å²) >= 11 is 0. The molecule has 0 heterocycles. The van der Waals surface area contributed by atoms with E-state index >= 15 is 0 Å². The standard InChI is InChI=1S/C11H24N2/c1-3-5-6-9-8(4-2)7-10(12)11(9)13/h8-11H,3-7,12-13H2,1-2H3. The SMILES string of the molecule is CCCCC1C(CC)CC(N)C1N. The van der Waals surface area contributed by atoms with Crippen molar-refractivity contribution in [1.29, 1.82) is 0 Å². The zero-order valence-electron chi connectivity index (χ0n) is 9.00. The van der Waals surface area contributed by atoms with E-state index in [0.717, 1.165) is 12.3 Å². The summed E-state index contributed by atoms with van der Waals surface area (Å²) in [5, 5.41) is 0. The van der Waals surface area contributed by atoms with Gasteiger partial charge in [0.2, 0.25) is 0 Å². The van der Waals surface area contributed by atoms with Gasteiger partial charge in [-0.3, -0.25) is 0 Å². The molecule has 13 heavy (non-hydrogen) atoms. The number of rotatable bonds is 4. The maximum Gasteiger partial charge on any atom is 0.0223 e. The van der Waals surface area contributed by atoms with Crippen LogP contribution in [-0.4, -0.2) is 12.1 Å². The fourth-order valence-corrected chi connectivity index (χ4v) is 2.65. The molecule has 1 rings (SSSR count). The maximum atomic E-state index is 6.10. The minimum absolute atomic E-state index is 0.256. The highest BCUT2D eigenvalue weighted by atomic mass is 14.8. The molecular weight excluding hydrogens is 160 g/mol.